The van der Waals surface area contributed by atoms with E-state index in [2.05, 4.69) is 53.1 Å². The highest BCUT2D eigenvalue weighted by Gasteiger charge is 2.21. The predicted molar refractivity (Wildman–Crippen MR) is 130 cm³/mol. The van der Waals surface area contributed by atoms with Crippen molar-refractivity contribution in [2.75, 3.05) is 13.1 Å². The van der Waals surface area contributed by atoms with Gasteiger partial charge in [-0.15, -0.1) is 11.3 Å². The third kappa shape index (κ3) is 5.12. The van der Waals surface area contributed by atoms with Gasteiger partial charge >= 0.3 is 0 Å². The van der Waals surface area contributed by atoms with Crippen LogP contribution in [0.1, 0.15) is 42.8 Å². The minimum Gasteiger partial charge on any atom is -0.458 e. The van der Waals surface area contributed by atoms with E-state index in [1.165, 1.54) is 15.8 Å². The van der Waals surface area contributed by atoms with Crippen LogP contribution in [0.15, 0.2) is 72.0 Å². The average molecular weight is 432 g/mol. The number of hydrogen-bond acceptors (Lipinski definition) is 5. The summed E-state index contributed by atoms with van der Waals surface area (Å²) in [6.45, 7) is 16.6. The number of aromatic nitrogens is 2. The molecule has 31 heavy (non-hydrogen) atoms. The Morgan fingerprint density at radius 3 is 2.68 bits per heavy atom. The number of rotatable bonds is 5. The van der Waals surface area contributed by atoms with Crippen LogP contribution in [0.25, 0.3) is 10.2 Å². The van der Waals surface area contributed by atoms with Crippen LogP contribution in [-0.4, -0.2) is 28.0 Å². The number of thiazole rings is 1. The number of hydrogen-bond donors (Lipinski definition) is 0. The molecule has 0 saturated carbocycles. The molecule has 0 unspecified atom stereocenters. The molecule has 2 aromatic heterocycles. The Morgan fingerprint density at radius 1 is 1.16 bits per heavy atom. The van der Waals surface area contributed by atoms with Crippen LogP contribution >= 0.6 is 11.3 Å². The highest BCUT2D eigenvalue weighted by atomic mass is 32.1. The largest absolute Gasteiger partial charge is 0.458 e. The van der Waals surface area contributed by atoms with E-state index in [0.717, 1.165) is 54.2 Å². The molecule has 1 fully saturated rings. The summed E-state index contributed by atoms with van der Waals surface area (Å²) in [4.78, 5) is 11.4. The van der Waals surface area contributed by atoms with Crippen LogP contribution in [-0.2, 0) is 0 Å². The van der Waals surface area contributed by atoms with Crippen molar-refractivity contribution in [3.05, 3.63) is 88.9 Å². The molecule has 4 rings (SSSR count). The summed E-state index contributed by atoms with van der Waals surface area (Å²) < 4.78 is 7.21. The third-order valence-electron chi connectivity index (χ3n) is 5.85. The summed E-state index contributed by atoms with van der Waals surface area (Å²) in [6, 6.07) is 10.8. The zero-order valence-corrected chi connectivity index (χ0v) is 19.3. The lowest BCUT2D eigenvalue weighted by atomic mass is 10.0. The molecule has 0 N–H and O–H groups in total. The molecule has 3 heterocycles. The van der Waals surface area contributed by atoms with E-state index >= 15 is 0 Å². The zero-order chi connectivity index (χ0) is 22.0. The molecule has 0 amide bonds. The molecule has 1 aliphatic heterocycles. The van der Waals surface area contributed by atoms with Gasteiger partial charge in [0.05, 0.1) is 15.7 Å². The van der Waals surface area contributed by atoms with Crippen LogP contribution in [0.3, 0.4) is 0 Å². The van der Waals surface area contributed by atoms with Crippen molar-refractivity contribution in [1.82, 2.24) is 14.9 Å². The highest BCUT2D eigenvalue weighted by molar-refractivity contribution is 7.16. The first-order valence-electron chi connectivity index (χ1n) is 10.7. The Hall–Kier alpha value is -2.76. The van der Waals surface area contributed by atoms with Crippen LogP contribution in [0.5, 0.6) is 5.75 Å². The Balaban J connectivity index is 1.44. The average Bonchev–Trinajstić information content (AvgIpc) is 3.11. The quantitative estimate of drug-likeness (QED) is 0.430. The first kappa shape index (κ1) is 21.5. The highest BCUT2D eigenvalue weighted by Crippen LogP contribution is 2.30. The van der Waals surface area contributed by atoms with E-state index < -0.39 is 0 Å². The molecule has 4 nitrogen and oxygen atoms in total. The first-order chi connectivity index (χ1) is 14.9. The number of likely N-dealkylation sites (tertiary alicyclic amines) is 1. The lowest BCUT2D eigenvalue weighted by molar-refractivity contribution is 0.223. The molecule has 5 heteroatoms. The Morgan fingerprint density at radius 2 is 1.90 bits per heavy atom. The first-order valence-corrected chi connectivity index (χ1v) is 11.5. The van der Waals surface area contributed by atoms with Gasteiger partial charge in [-0.2, -0.15) is 0 Å². The summed E-state index contributed by atoms with van der Waals surface area (Å²) in [7, 11) is 0. The van der Waals surface area contributed by atoms with Crippen molar-refractivity contribution in [3.63, 3.8) is 0 Å². The fourth-order valence-corrected chi connectivity index (χ4v) is 4.79. The van der Waals surface area contributed by atoms with Crippen molar-refractivity contribution in [2.24, 2.45) is 0 Å². The SMILES string of the molecule is C=C(/C=C1/CCN([C@H](C)c2ccc3scnc3c2)CCC1=C)Oc1cc(C)nc(C)c1. The van der Waals surface area contributed by atoms with Crippen LogP contribution in [0, 0.1) is 13.8 Å². The number of benzene rings is 1. The summed E-state index contributed by atoms with van der Waals surface area (Å²) in [6.07, 6.45) is 3.91. The van der Waals surface area contributed by atoms with Crippen molar-refractivity contribution < 1.29 is 4.74 Å². The topological polar surface area (TPSA) is 38.2 Å². The van der Waals surface area contributed by atoms with Gasteiger partial charge in [0.1, 0.15) is 11.5 Å². The van der Waals surface area contributed by atoms with Crippen LogP contribution < -0.4 is 4.74 Å². The van der Waals surface area contributed by atoms with E-state index in [1.54, 1.807) is 11.3 Å². The van der Waals surface area contributed by atoms with E-state index in [-0.39, 0.29) is 0 Å². The van der Waals surface area contributed by atoms with E-state index in [0.29, 0.717) is 11.8 Å². The molecule has 1 atom stereocenters. The van der Waals surface area contributed by atoms with Crippen molar-refractivity contribution >= 4 is 21.6 Å². The Labute approximate surface area is 188 Å². The van der Waals surface area contributed by atoms with Gasteiger partial charge in [-0.05, 0) is 63.0 Å². The van der Waals surface area contributed by atoms with Gasteiger partial charge in [0.2, 0.25) is 0 Å². The Bertz CT molecular complexity index is 1140. The molecular weight excluding hydrogens is 402 g/mol. The van der Waals surface area contributed by atoms with Crippen molar-refractivity contribution in [3.8, 4) is 5.75 Å². The van der Waals surface area contributed by atoms with Gasteiger partial charge in [-0.25, -0.2) is 4.98 Å². The monoisotopic (exact) mass is 431 g/mol. The molecule has 0 radical (unpaired) electrons. The number of fused-ring (bicyclic) bond motifs is 1. The van der Waals surface area contributed by atoms with Gasteiger partial charge in [0.25, 0.3) is 0 Å². The second-order valence-electron chi connectivity index (χ2n) is 8.22. The van der Waals surface area contributed by atoms with Gasteiger partial charge < -0.3 is 4.74 Å². The number of allylic oxidation sites excluding steroid dienone is 1. The summed E-state index contributed by atoms with van der Waals surface area (Å²) in [5.74, 6) is 1.41. The zero-order valence-electron chi connectivity index (χ0n) is 18.5. The minimum absolute atomic E-state index is 0.334. The summed E-state index contributed by atoms with van der Waals surface area (Å²) in [5, 5.41) is 0. The number of ether oxygens (including phenoxy) is 1. The lowest BCUT2D eigenvalue weighted by Crippen LogP contribution is -2.28. The molecule has 1 aromatic carbocycles. The van der Waals surface area contributed by atoms with Crippen LogP contribution in [0.2, 0.25) is 0 Å². The summed E-state index contributed by atoms with van der Waals surface area (Å²) in [5.41, 5.74) is 8.57. The predicted octanol–water partition coefficient (Wildman–Crippen LogP) is 6.54. The molecular formula is C26H29N3OS. The molecule has 1 saturated heterocycles. The van der Waals surface area contributed by atoms with Gasteiger partial charge in [-0.3, -0.25) is 9.88 Å². The maximum absolute atomic E-state index is 5.97. The molecule has 0 aliphatic carbocycles. The van der Waals surface area contributed by atoms with Crippen LogP contribution in [0.4, 0.5) is 0 Å². The van der Waals surface area contributed by atoms with E-state index in [1.807, 2.05) is 37.6 Å². The van der Waals surface area contributed by atoms with E-state index in [9.17, 15) is 0 Å². The molecule has 1 aliphatic rings. The third-order valence-corrected chi connectivity index (χ3v) is 6.66. The number of aryl methyl sites for hydroxylation is 2. The minimum atomic E-state index is 0.334. The van der Waals surface area contributed by atoms with Gasteiger partial charge in [0.15, 0.2) is 0 Å². The van der Waals surface area contributed by atoms with Crippen molar-refractivity contribution in [1.29, 1.82) is 0 Å². The maximum atomic E-state index is 5.97. The normalized spacial score (nSPS) is 17.6. The molecule has 160 valence electrons. The number of pyridine rings is 1. The maximum Gasteiger partial charge on any atom is 0.131 e. The second kappa shape index (κ2) is 9.16. The van der Waals surface area contributed by atoms with E-state index in [4.69, 9.17) is 4.74 Å². The lowest BCUT2D eigenvalue weighted by Gasteiger charge is -2.27. The van der Waals surface area contributed by atoms with Gasteiger partial charge in [-0.1, -0.05) is 24.8 Å². The summed E-state index contributed by atoms with van der Waals surface area (Å²) >= 11 is 1.69. The second-order valence-corrected chi connectivity index (χ2v) is 9.10. The van der Waals surface area contributed by atoms with Gasteiger partial charge in [0, 0.05) is 42.7 Å². The molecule has 3 aromatic rings. The molecule has 0 spiro atoms. The van der Waals surface area contributed by atoms with Crippen molar-refractivity contribution in [2.45, 2.75) is 39.7 Å². The fourth-order valence-electron chi connectivity index (χ4n) is 4.13. The fraction of sp³-hybridized carbons (Fsp3) is 0.308. The standard InChI is InChI=1S/C26H29N3OS/c1-17-8-10-29(21(5)23-6-7-26-25(15-23)27-16-31-26)11-9-22(17)14-20(4)30-24-12-18(2)28-19(3)13-24/h6-7,12-16,21H,1,4,8-11H2,2-3,5H3/b22-14-/t21-/m1/s1. The smallest absolute Gasteiger partial charge is 0.131 e. The molecule has 0 bridgehead atoms. The Kier molecular flexibility index (Phi) is 6.35. The number of nitrogens with zero attached hydrogens (tertiary/aromatic N) is 3.